The third-order valence-corrected chi connectivity index (χ3v) is 2.81. The van der Waals surface area contributed by atoms with E-state index in [9.17, 15) is 0 Å². The Morgan fingerprint density at radius 3 is 3.00 bits per heavy atom. The molecule has 0 saturated carbocycles. The first-order valence-electron chi connectivity index (χ1n) is 4.06. The second-order valence-corrected chi connectivity index (χ2v) is 3.66. The molecule has 0 saturated heterocycles. The van der Waals surface area contributed by atoms with Crippen LogP contribution in [0.1, 0.15) is 30.4 Å². The molecule has 0 radical (unpaired) electrons. The highest BCUT2D eigenvalue weighted by atomic mass is 35.5. The van der Waals surface area contributed by atoms with E-state index < -0.39 is 0 Å². The molecular weight excluding hydrogens is 156 g/mol. The third kappa shape index (κ3) is 1.06. The van der Waals surface area contributed by atoms with E-state index in [1.165, 1.54) is 24.0 Å². The first-order chi connectivity index (χ1) is 5.29. The molecular formula is C10H11Cl. The van der Waals surface area contributed by atoms with Crippen LogP contribution in [0.4, 0.5) is 0 Å². The van der Waals surface area contributed by atoms with Crippen LogP contribution in [0.25, 0.3) is 0 Å². The molecule has 2 rings (SSSR count). The van der Waals surface area contributed by atoms with E-state index in [-0.39, 0.29) is 0 Å². The lowest BCUT2D eigenvalue weighted by atomic mass is 10.0. The molecule has 1 aromatic carbocycles. The lowest BCUT2D eigenvalue weighted by Crippen LogP contribution is -1.86. The first kappa shape index (κ1) is 7.17. The Labute approximate surface area is 72.2 Å². The van der Waals surface area contributed by atoms with Gasteiger partial charge >= 0.3 is 0 Å². The van der Waals surface area contributed by atoms with Gasteiger partial charge < -0.3 is 0 Å². The van der Waals surface area contributed by atoms with Crippen molar-refractivity contribution in [3.63, 3.8) is 0 Å². The number of hydrogen-bond acceptors (Lipinski definition) is 0. The van der Waals surface area contributed by atoms with Crippen LogP contribution in [0.2, 0.25) is 5.02 Å². The van der Waals surface area contributed by atoms with Crippen molar-refractivity contribution >= 4 is 11.6 Å². The van der Waals surface area contributed by atoms with E-state index in [0.717, 1.165) is 5.02 Å². The lowest BCUT2D eigenvalue weighted by molar-refractivity contribution is 0.747. The van der Waals surface area contributed by atoms with Crippen LogP contribution in [0.15, 0.2) is 18.2 Å². The summed E-state index contributed by atoms with van der Waals surface area (Å²) in [4.78, 5) is 0. The number of halogens is 1. The fourth-order valence-electron chi connectivity index (χ4n) is 1.87. The maximum atomic E-state index is 6.06. The first-order valence-corrected chi connectivity index (χ1v) is 4.44. The Morgan fingerprint density at radius 2 is 2.27 bits per heavy atom. The number of fused-ring (bicyclic) bond motifs is 1. The van der Waals surface area contributed by atoms with Crippen molar-refractivity contribution in [1.29, 1.82) is 0 Å². The number of hydrogen-bond donors (Lipinski definition) is 0. The van der Waals surface area contributed by atoms with Crippen LogP contribution in [-0.2, 0) is 6.42 Å². The van der Waals surface area contributed by atoms with E-state index in [0.29, 0.717) is 5.92 Å². The molecule has 0 spiro atoms. The quantitative estimate of drug-likeness (QED) is 0.554. The van der Waals surface area contributed by atoms with Gasteiger partial charge in [-0.05, 0) is 36.0 Å². The average Bonchev–Trinajstić information content (AvgIpc) is 2.34. The summed E-state index contributed by atoms with van der Waals surface area (Å²) in [6.07, 6.45) is 2.47. The molecule has 0 fully saturated rings. The van der Waals surface area contributed by atoms with Gasteiger partial charge in [-0.15, -0.1) is 0 Å². The van der Waals surface area contributed by atoms with Crippen molar-refractivity contribution in [3.05, 3.63) is 34.3 Å². The van der Waals surface area contributed by atoms with E-state index in [4.69, 9.17) is 11.6 Å². The summed E-state index contributed by atoms with van der Waals surface area (Å²) in [5.74, 6) is 0.665. The topological polar surface area (TPSA) is 0 Å². The van der Waals surface area contributed by atoms with Gasteiger partial charge in [0, 0.05) is 5.02 Å². The van der Waals surface area contributed by atoms with Gasteiger partial charge in [0.2, 0.25) is 0 Å². The maximum absolute atomic E-state index is 6.06. The number of aryl methyl sites for hydroxylation is 1. The molecule has 0 aliphatic heterocycles. The van der Waals surface area contributed by atoms with Crippen molar-refractivity contribution in [3.8, 4) is 0 Å². The highest BCUT2D eigenvalue weighted by molar-refractivity contribution is 6.31. The molecule has 0 aromatic heterocycles. The highest BCUT2D eigenvalue weighted by Crippen LogP contribution is 2.37. The molecule has 0 amide bonds. The molecule has 1 aromatic rings. The molecule has 0 nitrogen and oxygen atoms in total. The molecule has 0 heterocycles. The van der Waals surface area contributed by atoms with Crippen LogP contribution in [0.5, 0.6) is 0 Å². The Bertz CT molecular complexity index is 278. The third-order valence-electron chi connectivity index (χ3n) is 2.48. The van der Waals surface area contributed by atoms with Crippen LogP contribution in [-0.4, -0.2) is 0 Å². The Morgan fingerprint density at radius 1 is 1.45 bits per heavy atom. The van der Waals surface area contributed by atoms with E-state index >= 15 is 0 Å². The van der Waals surface area contributed by atoms with Crippen molar-refractivity contribution < 1.29 is 0 Å². The minimum Gasteiger partial charge on any atom is -0.0840 e. The van der Waals surface area contributed by atoms with Crippen molar-refractivity contribution in [1.82, 2.24) is 0 Å². The fraction of sp³-hybridized carbons (Fsp3) is 0.400. The van der Waals surface area contributed by atoms with E-state index in [2.05, 4.69) is 13.0 Å². The molecule has 1 aliphatic rings. The molecule has 58 valence electrons. The Balaban J connectivity index is 2.58. The molecule has 1 heteroatoms. The van der Waals surface area contributed by atoms with Gasteiger partial charge in [-0.1, -0.05) is 30.7 Å². The number of rotatable bonds is 0. The van der Waals surface area contributed by atoms with Gasteiger partial charge in [0.25, 0.3) is 0 Å². The number of benzene rings is 1. The summed E-state index contributed by atoms with van der Waals surface area (Å²) in [5, 5.41) is 0.951. The molecule has 11 heavy (non-hydrogen) atoms. The molecule has 1 unspecified atom stereocenters. The van der Waals surface area contributed by atoms with Gasteiger partial charge in [-0.25, -0.2) is 0 Å². The monoisotopic (exact) mass is 166 g/mol. The van der Waals surface area contributed by atoms with Crippen LogP contribution >= 0.6 is 11.6 Å². The summed E-state index contributed by atoms with van der Waals surface area (Å²) in [6.45, 7) is 2.25. The molecule has 0 bridgehead atoms. The van der Waals surface area contributed by atoms with Gasteiger partial charge in [0.1, 0.15) is 0 Å². The zero-order chi connectivity index (χ0) is 7.84. The molecule has 0 N–H and O–H groups in total. The van der Waals surface area contributed by atoms with E-state index in [1.54, 1.807) is 0 Å². The van der Waals surface area contributed by atoms with Crippen LogP contribution in [0.3, 0.4) is 0 Å². The Kier molecular flexibility index (Phi) is 1.65. The lowest BCUT2D eigenvalue weighted by Gasteiger charge is -2.05. The minimum atomic E-state index is 0.665. The van der Waals surface area contributed by atoms with Gasteiger partial charge in [0.15, 0.2) is 0 Å². The van der Waals surface area contributed by atoms with Gasteiger partial charge in [-0.2, -0.15) is 0 Å². The summed E-state index contributed by atoms with van der Waals surface area (Å²) < 4.78 is 0. The second kappa shape index (κ2) is 2.53. The molecule has 1 atom stereocenters. The zero-order valence-electron chi connectivity index (χ0n) is 6.60. The minimum absolute atomic E-state index is 0.665. The SMILES string of the molecule is CC1CCc2cccc(Cl)c21. The van der Waals surface area contributed by atoms with Gasteiger partial charge in [-0.3, -0.25) is 0 Å². The fourth-order valence-corrected chi connectivity index (χ4v) is 2.25. The van der Waals surface area contributed by atoms with Crippen molar-refractivity contribution in [2.75, 3.05) is 0 Å². The summed E-state index contributed by atoms with van der Waals surface area (Å²) in [6, 6.07) is 6.21. The maximum Gasteiger partial charge on any atom is 0.0443 e. The van der Waals surface area contributed by atoms with Crippen molar-refractivity contribution in [2.45, 2.75) is 25.7 Å². The predicted molar refractivity (Wildman–Crippen MR) is 48.2 cm³/mol. The smallest absolute Gasteiger partial charge is 0.0443 e. The predicted octanol–water partition coefficient (Wildman–Crippen LogP) is 3.39. The standard InChI is InChI=1S/C10H11Cl/c1-7-5-6-8-3-2-4-9(11)10(7)8/h2-4,7H,5-6H2,1H3. The Hall–Kier alpha value is -0.490. The average molecular weight is 167 g/mol. The van der Waals surface area contributed by atoms with Crippen LogP contribution in [0, 0.1) is 0 Å². The summed E-state index contributed by atoms with van der Waals surface area (Å²) >= 11 is 6.06. The van der Waals surface area contributed by atoms with Crippen LogP contribution < -0.4 is 0 Å². The second-order valence-electron chi connectivity index (χ2n) is 3.25. The summed E-state index contributed by atoms with van der Waals surface area (Å²) in [7, 11) is 0. The highest BCUT2D eigenvalue weighted by Gasteiger charge is 2.20. The normalized spacial score (nSPS) is 21.8. The van der Waals surface area contributed by atoms with E-state index in [1.807, 2.05) is 12.1 Å². The largest absolute Gasteiger partial charge is 0.0840 e. The van der Waals surface area contributed by atoms with Crippen molar-refractivity contribution in [2.24, 2.45) is 0 Å². The molecule has 1 aliphatic carbocycles. The van der Waals surface area contributed by atoms with Gasteiger partial charge in [0.05, 0.1) is 0 Å². The summed E-state index contributed by atoms with van der Waals surface area (Å²) in [5.41, 5.74) is 2.83. The zero-order valence-corrected chi connectivity index (χ0v) is 7.36.